The Morgan fingerprint density at radius 1 is 1.55 bits per heavy atom. The van der Waals surface area contributed by atoms with E-state index in [-0.39, 0.29) is 5.92 Å². The maximum Gasteiger partial charge on any atom is 0.407 e. The molecule has 1 aliphatic heterocycles. The molecule has 1 aromatic heterocycles. The molecule has 1 atom stereocenters. The molecule has 2 heterocycles. The summed E-state index contributed by atoms with van der Waals surface area (Å²) < 4.78 is 1.80. The summed E-state index contributed by atoms with van der Waals surface area (Å²) in [5.41, 5.74) is 1.07. The van der Waals surface area contributed by atoms with E-state index in [1.54, 1.807) is 6.20 Å². The first-order chi connectivity index (χ1) is 9.47. The third kappa shape index (κ3) is 4.05. The van der Waals surface area contributed by atoms with Gasteiger partial charge in [-0.1, -0.05) is 0 Å². The van der Waals surface area contributed by atoms with E-state index >= 15 is 0 Å². The Morgan fingerprint density at radius 3 is 2.80 bits per heavy atom. The summed E-state index contributed by atoms with van der Waals surface area (Å²) in [6.07, 6.45) is 2.49. The van der Waals surface area contributed by atoms with E-state index in [4.69, 9.17) is 5.11 Å². The molecule has 1 aromatic rings. The van der Waals surface area contributed by atoms with Gasteiger partial charge in [-0.3, -0.25) is 0 Å². The first kappa shape index (κ1) is 16.0. The van der Waals surface area contributed by atoms with Gasteiger partial charge in [0.2, 0.25) is 0 Å². The van der Waals surface area contributed by atoms with Gasteiger partial charge in [-0.25, -0.2) is 9.78 Å². The zero-order valence-corrected chi connectivity index (χ0v) is 14.5. The summed E-state index contributed by atoms with van der Waals surface area (Å²) >= 11 is 5.55. The molecule has 110 valence electrons. The van der Waals surface area contributed by atoms with Gasteiger partial charge < -0.3 is 15.1 Å². The average molecular weight is 455 g/mol. The fourth-order valence-corrected chi connectivity index (χ4v) is 3.37. The highest BCUT2D eigenvalue weighted by Gasteiger charge is 2.27. The molecule has 0 bridgehead atoms. The molecule has 2 rings (SSSR count). The van der Waals surface area contributed by atoms with Gasteiger partial charge in [-0.2, -0.15) is 0 Å². The summed E-state index contributed by atoms with van der Waals surface area (Å²) in [5.74, 6) is 0.161. The average Bonchev–Trinajstić information content (AvgIpc) is 2.43. The van der Waals surface area contributed by atoms with Gasteiger partial charge in [0, 0.05) is 22.9 Å². The quantitative estimate of drug-likeness (QED) is 0.544. The number of aliphatic hydroxyl groups excluding tert-OH is 1. The minimum absolute atomic E-state index is 0.161. The van der Waals surface area contributed by atoms with Gasteiger partial charge in [0.25, 0.3) is 0 Å². The van der Waals surface area contributed by atoms with E-state index in [2.05, 4.69) is 43.5 Å². The van der Waals surface area contributed by atoms with Gasteiger partial charge in [0.15, 0.2) is 0 Å². The number of rotatable bonds is 3. The van der Waals surface area contributed by atoms with Gasteiger partial charge in [0.1, 0.15) is 4.60 Å². The zero-order chi connectivity index (χ0) is 14.7. The largest absolute Gasteiger partial charge is 0.465 e. The Hall–Kier alpha value is -0.410. The minimum Gasteiger partial charge on any atom is -0.465 e. The molecule has 0 radical (unpaired) electrons. The highest BCUT2D eigenvalue weighted by Crippen LogP contribution is 2.25. The molecule has 0 aliphatic carbocycles. The predicted octanol–water partition coefficient (Wildman–Crippen LogP) is 2.74. The highest BCUT2D eigenvalue weighted by atomic mass is 127. The van der Waals surface area contributed by atoms with E-state index in [0.29, 0.717) is 19.5 Å². The van der Waals surface area contributed by atoms with Crippen LogP contribution in [0.5, 0.6) is 0 Å². The first-order valence-electron chi connectivity index (χ1n) is 6.43. The van der Waals surface area contributed by atoms with Crippen LogP contribution in [0.15, 0.2) is 16.9 Å². The second-order valence-corrected chi connectivity index (χ2v) is 6.95. The van der Waals surface area contributed by atoms with E-state index in [9.17, 15) is 9.90 Å². The van der Waals surface area contributed by atoms with Crippen molar-refractivity contribution in [2.45, 2.75) is 25.4 Å². The minimum atomic E-state index is -0.870. The number of carbonyl (C=O) groups is 1. The van der Waals surface area contributed by atoms with Crippen LogP contribution in [0.4, 0.5) is 4.79 Å². The van der Waals surface area contributed by atoms with E-state index in [1.807, 2.05) is 6.07 Å². The summed E-state index contributed by atoms with van der Waals surface area (Å²) in [6, 6.07) is 1.93. The van der Waals surface area contributed by atoms with Gasteiger partial charge in [-0.15, -0.1) is 0 Å². The third-order valence-electron chi connectivity index (χ3n) is 3.68. The van der Waals surface area contributed by atoms with Crippen molar-refractivity contribution in [3.8, 4) is 0 Å². The lowest BCUT2D eigenvalue weighted by Crippen LogP contribution is -2.41. The molecule has 0 saturated carbocycles. The number of carboxylic acid groups (broad SMARTS) is 1. The number of hydrogen-bond acceptors (Lipinski definition) is 3. The molecule has 20 heavy (non-hydrogen) atoms. The molecule has 5 nitrogen and oxygen atoms in total. The second kappa shape index (κ2) is 7.04. The molecular formula is C13H16BrIN2O3. The number of pyridine rings is 1. The lowest BCUT2D eigenvalue weighted by atomic mass is 9.88. The van der Waals surface area contributed by atoms with Crippen molar-refractivity contribution in [3.63, 3.8) is 0 Å². The maximum atomic E-state index is 10.9. The molecule has 1 aliphatic rings. The highest BCUT2D eigenvalue weighted by molar-refractivity contribution is 14.1. The standard InChI is InChI=1S/C13H16BrIN2O3/c14-12-6-9(10(15)7-16-12)5-11(18)8-1-3-17(4-2-8)13(19)20/h6-8,11,18H,1-5H2,(H,19,20). The van der Waals surface area contributed by atoms with E-state index < -0.39 is 12.2 Å². The second-order valence-electron chi connectivity index (χ2n) is 4.98. The zero-order valence-electron chi connectivity index (χ0n) is 10.8. The molecule has 1 fully saturated rings. The van der Waals surface area contributed by atoms with Crippen LogP contribution in [-0.2, 0) is 6.42 Å². The lowest BCUT2D eigenvalue weighted by molar-refractivity contribution is 0.0581. The van der Waals surface area contributed by atoms with Crippen LogP contribution in [-0.4, -0.2) is 45.4 Å². The normalized spacial score (nSPS) is 18.1. The van der Waals surface area contributed by atoms with Crippen molar-refractivity contribution < 1.29 is 15.0 Å². The number of aromatic nitrogens is 1. The van der Waals surface area contributed by atoms with E-state index in [0.717, 1.165) is 26.6 Å². The van der Waals surface area contributed by atoms with Crippen LogP contribution < -0.4 is 0 Å². The molecule has 7 heteroatoms. The van der Waals surface area contributed by atoms with Crippen molar-refractivity contribution in [1.82, 2.24) is 9.88 Å². The van der Waals surface area contributed by atoms with Crippen molar-refractivity contribution in [2.24, 2.45) is 5.92 Å². The number of likely N-dealkylation sites (tertiary alicyclic amines) is 1. The van der Waals surface area contributed by atoms with Crippen molar-refractivity contribution >= 4 is 44.6 Å². The molecule has 1 amide bonds. The number of aliphatic hydroxyl groups is 1. The number of nitrogens with zero attached hydrogens (tertiary/aromatic N) is 2. The van der Waals surface area contributed by atoms with Crippen molar-refractivity contribution in [1.29, 1.82) is 0 Å². The van der Waals surface area contributed by atoms with Crippen LogP contribution in [0, 0.1) is 9.49 Å². The van der Waals surface area contributed by atoms with Gasteiger partial charge >= 0.3 is 6.09 Å². The molecule has 1 unspecified atom stereocenters. The molecule has 2 N–H and O–H groups in total. The molecule has 1 saturated heterocycles. The fourth-order valence-electron chi connectivity index (χ4n) is 2.48. The van der Waals surface area contributed by atoms with E-state index in [1.165, 1.54) is 4.90 Å². The predicted molar refractivity (Wildman–Crippen MR) is 86.7 cm³/mol. The summed E-state index contributed by atoms with van der Waals surface area (Å²) in [7, 11) is 0. The van der Waals surface area contributed by atoms with Crippen LogP contribution >= 0.6 is 38.5 Å². The Labute approximate surface area is 139 Å². The van der Waals surface area contributed by atoms with Crippen LogP contribution in [0.2, 0.25) is 0 Å². The van der Waals surface area contributed by atoms with Crippen molar-refractivity contribution in [3.05, 3.63) is 26.0 Å². The van der Waals surface area contributed by atoms with Crippen LogP contribution in [0.3, 0.4) is 0 Å². The van der Waals surface area contributed by atoms with Gasteiger partial charge in [0.05, 0.1) is 6.10 Å². The smallest absolute Gasteiger partial charge is 0.407 e. The number of hydrogen-bond donors (Lipinski definition) is 2. The number of piperidine rings is 1. The Morgan fingerprint density at radius 2 is 2.20 bits per heavy atom. The monoisotopic (exact) mass is 454 g/mol. The Bertz CT molecular complexity index is 493. The number of halogens is 2. The first-order valence-corrected chi connectivity index (χ1v) is 8.30. The lowest BCUT2D eigenvalue weighted by Gasteiger charge is -2.32. The third-order valence-corrected chi connectivity index (χ3v) is 5.09. The molecule has 0 aromatic carbocycles. The fraction of sp³-hybridized carbons (Fsp3) is 0.538. The van der Waals surface area contributed by atoms with Crippen molar-refractivity contribution in [2.75, 3.05) is 13.1 Å². The molecular weight excluding hydrogens is 439 g/mol. The summed E-state index contributed by atoms with van der Waals surface area (Å²) in [5, 5.41) is 19.3. The van der Waals surface area contributed by atoms with Crippen LogP contribution in [0.25, 0.3) is 0 Å². The SMILES string of the molecule is O=C(O)N1CCC(C(O)Cc2cc(Br)ncc2I)CC1. The molecule has 0 spiro atoms. The topological polar surface area (TPSA) is 73.7 Å². The van der Waals surface area contributed by atoms with Crippen LogP contribution in [0.1, 0.15) is 18.4 Å². The maximum absolute atomic E-state index is 10.9. The summed E-state index contributed by atoms with van der Waals surface area (Å²) in [6.45, 7) is 1.02. The Balaban J connectivity index is 1.94. The van der Waals surface area contributed by atoms with Gasteiger partial charge in [-0.05, 0) is 75.3 Å². The number of amides is 1. The summed E-state index contributed by atoms with van der Waals surface area (Å²) in [4.78, 5) is 16.4. The Kier molecular flexibility index (Phi) is 5.62.